The van der Waals surface area contributed by atoms with Crippen molar-refractivity contribution in [2.45, 2.75) is 13.5 Å². The maximum absolute atomic E-state index is 12.8. The summed E-state index contributed by atoms with van der Waals surface area (Å²) in [4.78, 5) is 12.8. The summed E-state index contributed by atoms with van der Waals surface area (Å²) in [6, 6.07) is 18.4. The van der Waals surface area contributed by atoms with E-state index < -0.39 is 22.5 Å². The molecule has 0 saturated heterocycles. The van der Waals surface area contributed by atoms with Crippen molar-refractivity contribution in [1.82, 2.24) is 4.57 Å². The molecule has 0 aliphatic carbocycles. The van der Waals surface area contributed by atoms with Crippen LogP contribution in [0.2, 0.25) is 5.02 Å². The number of para-hydroxylation sites is 1. The van der Waals surface area contributed by atoms with Gasteiger partial charge < -0.3 is 14.6 Å². The summed E-state index contributed by atoms with van der Waals surface area (Å²) in [6.45, 7) is 2.52. The van der Waals surface area contributed by atoms with Crippen molar-refractivity contribution in [1.29, 1.82) is 0 Å². The number of rotatable bonds is 7. The summed E-state index contributed by atoms with van der Waals surface area (Å²) < 4.78 is 33.2. The van der Waals surface area contributed by atoms with E-state index >= 15 is 0 Å². The SMILES string of the molecule is CCn1c2ccccc2c2cc(NC(=O)CN(c3ccc(OC)c(Cl)c3)S(C)(=O)=O)ccc21. The molecule has 0 unspecified atom stereocenters. The van der Waals surface area contributed by atoms with E-state index in [1.165, 1.54) is 13.2 Å². The van der Waals surface area contributed by atoms with Crippen LogP contribution in [0.3, 0.4) is 0 Å². The molecule has 1 amide bonds. The molecule has 1 heterocycles. The molecule has 0 aliphatic rings. The number of hydrogen-bond acceptors (Lipinski definition) is 4. The molecule has 0 bridgehead atoms. The first kappa shape index (κ1) is 22.9. The van der Waals surface area contributed by atoms with E-state index in [4.69, 9.17) is 16.3 Å². The van der Waals surface area contributed by atoms with E-state index in [1.54, 1.807) is 12.1 Å². The Balaban J connectivity index is 1.63. The minimum Gasteiger partial charge on any atom is -0.495 e. The highest BCUT2D eigenvalue weighted by Crippen LogP contribution is 2.32. The third-order valence-corrected chi connectivity index (χ3v) is 6.92. The van der Waals surface area contributed by atoms with Crippen molar-refractivity contribution in [3.05, 3.63) is 65.7 Å². The van der Waals surface area contributed by atoms with Crippen LogP contribution in [0.5, 0.6) is 5.75 Å². The van der Waals surface area contributed by atoms with E-state index in [0.29, 0.717) is 11.4 Å². The number of fused-ring (bicyclic) bond motifs is 3. The average Bonchev–Trinajstić information content (AvgIpc) is 3.09. The summed E-state index contributed by atoms with van der Waals surface area (Å²) in [5.41, 5.74) is 3.06. The maximum Gasteiger partial charge on any atom is 0.245 e. The van der Waals surface area contributed by atoms with Crippen LogP contribution in [0, 0.1) is 0 Å². The molecule has 3 aromatic carbocycles. The lowest BCUT2D eigenvalue weighted by molar-refractivity contribution is -0.114. The predicted molar refractivity (Wildman–Crippen MR) is 134 cm³/mol. The molecule has 172 valence electrons. The third-order valence-electron chi connectivity index (χ3n) is 5.48. The van der Waals surface area contributed by atoms with Gasteiger partial charge in [0.1, 0.15) is 12.3 Å². The molecule has 4 rings (SSSR count). The smallest absolute Gasteiger partial charge is 0.245 e. The first-order chi connectivity index (χ1) is 15.7. The highest BCUT2D eigenvalue weighted by molar-refractivity contribution is 7.92. The molecular formula is C24H24ClN3O4S. The minimum atomic E-state index is -3.74. The van der Waals surface area contributed by atoms with Gasteiger partial charge >= 0.3 is 0 Å². The van der Waals surface area contributed by atoms with Crippen molar-refractivity contribution in [3.8, 4) is 5.75 Å². The number of ether oxygens (including phenoxy) is 1. The summed E-state index contributed by atoms with van der Waals surface area (Å²) in [7, 11) is -2.27. The van der Waals surface area contributed by atoms with E-state index in [-0.39, 0.29) is 10.7 Å². The fourth-order valence-electron chi connectivity index (χ4n) is 4.01. The van der Waals surface area contributed by atoms with Crippen LogP contribution in [0.25, 0.3) is 21.8 Å². The van der Waals surface area contributed by atoms with Gasteiger partial charge in [-0.25, -0.2) is 8.42 Å². The van der Waals surface area contributed by atoms with E-state index in [1.807, 2.05) is 36.4 Å². The fraction of sp³-hybridized carbons (Fsp3) is 0.208. The highest BCUT2D eigenvalue weighted by atomic mass is 35.5. The number of carbonyl (C=O) groups is 1. The quantitative estimate of drug-likeness (QED) is 0.404. The molecule has 0 fully saturated rings. The van der Waals surface area contributed by atoms with E-state index in [0.717, 1.165) is 38.9 Å². The minimum absolute atomic E-state index is 0.252. The molecule has 7 nitrogen and oxygen atoms in total. The zero-order chi connectivity index (χ0) is 23.8. The first-order valence-corrected chi connectivity index (χ1v) is 12.6. The maximum atomic E-state index is 12.8. The molecule has 4 aromatic rings. The number of amides is 1. The summed E-state index contributed by atoms with van der Waals surface area (Å²) in [6.07, 6.45) is 1.05. The van der Waals surface area contributed by atoms with Gasteiger partial charge in [0, 0.05) is 34.0 Å². The molecular weight excluding hydrogens is 462 g/mol. The Morgan fingerprint density at radius 2 is 1.79 bits per heavy atom. The van der Waals surface area contributed by atoms with E-state index in [9.17, 15) is 13.2 Å². The van der Waals surface area contributed by atoms with Gasteiger partial charge in [-0.2, -0.15) is 0 Å². The van der Waals surface area contributed by atoms with Gasteiger partial charge in [-0.05, 0) is 49.4 Å². The standard InChI is InChI=1S/C24H24ClN3O4S/c1-4-27-21-8-6-5-7-18(21)19-13-16(9-11-22(19)27)26-24(29)15-28(33(3,30)31)17-10-12-23(32-2)20(25)14-17/h5-14H,4,15H2,1-3H3,(H,26,29). The van der Waals surface area contributed by atoms with Crippen LogP contribution in [-0.2, 0) is 21.4 Å². The second-order valence-electron chi connectivity index (χ2n) is 7.63. The van der Waals surface area contributed by atoms with Gasteiger partial charge in [-0.3, -0.25) is 9.10 Å². The lowest BCUT2D eigenvalue weighted by atomic mass is 10.1. The Morgan fingerprint density at radius 3 is 2.45 bits per heavy atom. The largest absolute Gasteiger partial charge is 0.495 e. The van der Waals surface area contributed by atoms with Crippen molar-refractivity contribution in [2.24, 2.45) is 0 Å². The zero-order valence-corrected chi connectivity index (χ0v) is 20.1. The Labute approximate surface area is 197 Å². The Kier molecular flexibility index (Phi) is 6.23. The molecule has 1 N–H and O–H groups in total. The number of aryl methyl sites for hydroxylation is 1. The highest BCUT2D eigenvalue weighted by Gasteiger charge is 2.22. The fourth-order valence-corrected chi connectivity index (χ4v) is 5.11. The Hall–Kier alpha value is -3.23. The van der Waals surface area contributed by atoms with Crippen LogP contribution < -0.4 is 14.4 Å². The van der Waals surface area contributed by atoms with Gasteiger partial charge in [-0.1, -0.05) is 29.8 Å². The number of aromatic nitrogens is 1. The summed E-state index contributed by atoms with van der Waals surface area (Å²) >= 11 is 6.16. The van der Waals surface area contributed by atoms with Crippen molar-refractivity contribution in [2.75, 3.05) is 29.5 Å². The number of sulfonamides is 1. The predicted octanol–water partition coefficient (Wildman–Crippen LogP) is 4.88. The monoisotopic (exact) mass is 485 g/mol. The number of benzene rings is 3. The van der Waals surface area contributed by atoms with Gasteiger partial charge in [0.25, 0.3) is 0 Å². The average molecular weight is 486 g/mol. The molecule has 0 atom stereocenters. The molecule has 0 spiro atoms. The number of nitrogens with one attached hydrogen (secondary N) is 1. The van der Waals surface area contributed by atoms with Gasteiger partial charge in [0.2, 0.25) is 15.9 Å². The Morgan fingerprint density at radius 1 is 1.06 bits per heavy atom. The van der Waals surface area contributed by atoms with Gasteiger partial charge in [0.05, 0.1) is 24.1 Å². The van der Waals surface area contributed by atoms with Gasteiger partial charge in [-0.15, -0.1) is 0 Å². The van der Waals surface area contributed by atoms with Crippen LogP contribution >= 0.6 is 11.6 Å². The van der Waals surface area contributed by atoms with E-state index in [2.05, 4.69) is 22.9 Å². The van der Waals surface area contributed by atoms with Crippen LogP contribution in [0.1, 0.15) is 6.92 Å². The van der Waals surface area contributed by atoms with Crippen LogP contribution in [0.15, 0.2) is 60.7 Å². The summed E-state index contributed by atoms with van der Waals surface area (Å²) in [5, 5.41) is 5.19. The molecule has 0 saturated carbocycles. The lowest BCUT2D eigenvalue weighted by Crippen LogP contribution is -2.37. The van der Waals surface area contributed by atoms with Crippen LogP contribution in [-0.4, -0.2) is 38.8 Å². The lowest BCUT2D eigenvalue weighted by Gasteiger charge is -2.22. The van der Waals surface area contributed by atoms with Crippen LogP contribution in [0.4, 0.5) is 11.4 Å². The second kappa shape index (κ2) is 8.96. The van der Waals surface area contributed by atoms with Crippen molar-refractivity contribution < 1.29 is 17.9 Å². The molecule has 0 aliphatic heterocycles. The third kappa shape index (κ3) is 4.49. The van der Waals surface area contributed by atoms with Gasteiger partial charge in [0.15, 0.2) is 0 Å². The topological polar surface area (TPSA) is 80.6 Å². The molecule has 0 radical (unpaired) electrons. The Bertz CT molecular complexity index is 1460. The molecule has 9 heteroatoms. The first-order valence-electron chi connectivity index (χ1n) is 10.3. The molecule has 33 heavy (non-hydrogen) atoms. The molecule has 1 aromatic heterocycles. The number of anilines is 2. The zero-order valence-electron chi connectivity index (χ0n) is 18.5. The van der Waals surface area contributed by atoms with Crippen molar-refractivity contribution in [3.63, 3.8) is 0 Å². The summed E-state index contributed by atoms with van der Waals surface area (Å²) in [5.74, 6) is -0.0520. The number of carbonyl (C=O) groups excluding carboxylic acids is 1. The second-order valence-corrected chi connectivity index (χ2v) is 9.94. The normalized spacial score (nSPS) is 11.6. The number of methoxy groups -OCH3 is 1. The van der Waals surface area contributed by atoms with Crippen molar-refractivity contribution >= 4 is 60.7 Å². The number of hydrogen-bond donors (Lipinski definition) is 1. The number of nitrogens with zero attached hydrogens (tertiary/aromatic N) is 2. The number of halogens is 1.